The van der Waals surface area contributed by atoms with Crippen molar-refractivity contribution in [2.24, 2.45) is 4.99 Å². The van der Waals surface area contributed by atoms with E-state index in [4.69, 9.17) is 9.47 Å². The van der Waals surface area contributed by atoms with Gasteiger partial charge in [-0.2, -0.15) is 0 Å². The van der Waals surface area contributed by atoms with Crippen molar-refractivity contribution in [2.45, 2.75) is 26.0 Å². The van der Waals surface area contributed by atoms with Gasteiger partial charge < -0.3 is 25.2 Å². The minimum absolute atomic E-state index is 0.423. The second-order valence-corrected chi connectivity index (χ2v) is 6.11. The molecule has 146 valence electrons. The standard InChI is InChI=1S/C21H29N3O3/c1-4-22-21(24-15-18(25)12-16-8-6-5-7-9-16)23-14-17-10-11-19(26-2)20(13-17)27-3/h5-11,13,18,25H,4,12,14-15H2,1-3H3,(H2,22,23,24). The van der Waals surface area contributed by atoms with Crippen molar-refractivity contribution in [3.63, 3.8) is 0 Å². The normalized spacial score (nSPS) is 12.4. The Morgan fingerprint density at radius 3 is 2.41 bits per heavy atom. The lowest BCUT2D eigenvalue weighted by atomic mass is 10.1. The lowest BCUT2D eigenvalue weighted by Crippen LogP contribution is -2.41. The number of nitrogens with zero attached hydrogens (tertiary/aromatic N) is 1. The van der Waals surface area contributed by atoms with Crippen LogP contribution in [0.2, 0.25) is 0 Å². The number of hydrogen-bond acceptors (Lipinski definition) is 4. The number of benzene rings is 2. The van der Waals surface area contributed by atoms with E-state index >= 15 is 0 Å². The number of aliphatic hydroxyl groups excluding tert-OH is 1. The maximum atomic E-state index is 10.3. The van der Waals surface area contributed by atoms with Gasteiger partial charge in [-0.15, -0.1) is 0 Å². The van der Waals surface area contributed by atoms with Crippen LogP contribution in [0.15, 0.2) is 53.5 Å². The van der Waals surface area contributed by atoms with Gasteiger partial charge in [0, 0.05) is 19.5 Å². The molecule has 0 heterocycles. The van der Waals surface area contributed by atoms with Crippen LogP contribution in [0.25, 0.3) is 0 Å². The van der Waals surface area contributed by atoms with E-state index in [0.717, 1.165) is 17.7 Å². The predicted molar refractivity (Wildman–Crippen MR) is 109 cm³/mol. The van der Waals surface area contributed by atoms with E-state index in [2.05, 4.69) is 15.6 Å². The van der Waals surface area contributed by atoms with Crippen LogP contribution in [0.5, 0.6) is 11.5 Å². The fourth-order valence-electron chi connectivity index (χ4n) is 2.66. The number of guanidine groups is 1. The van der Waals surface area contributed by atoms with Crippen molar-refractivity contribution in [1.29, 1.82) is 0 Å². The first-order valence-corrected chi connectivity index (χ1v) is 9.11. The zero-order valence-electron chi connectivity index (χ0n) is 16.2. The SMILES string of the molecule is CCNC(=NCc1ccc(OC)c(OC)c1)NCC(O)Cc1ccccc1. The van der Waals surface area contributed by atoms with Crippen molar-refractivity contribution in [2.75, 3.05) is 27.3 Å². The third kappa shape index (κ3) is 6.83. The number of rotatable bonds is 9. The molecule has 2 aromatic carbocycles. The molecule has 0 aliphatic heterocycles. The Morgan fingerprint density at radius 1 is 1.00 bits per heavy atom. The number of hydrogen-bond donors (Lipinski definition) is 3. The van der Waals surface area contributed by atoms with Crippen molar-refractivity contribution < 1.29 is 14.6 Å². The van der Waals surface area contributed by atoms with Crippen LogP contribution in [0.4, 0.5) is 0 Å². The monoisotopic (exact) mass is 371 g/mol. The van der Waals surface area contributed by atoms with E-state index in [9.17, 15) is 5.11 Å². The van der Waals surface area contributed by atoms with Crippen molar-refractivity contribution in [3.05, 3.63) is 59.7 Å². The van der Waals surface area contributed by atoms with Crippen LogP contribution in [0.3, 0.4) is 0 Å². The highest BCUT2D eigenvalue weighted by Crippen LogP contribution is 2.27. The third-order valence-electron chi connectivity index (χ3n) is 4.03. The summed E-state index contributed by atoms with van der Waals surface area (Å²) in [6.45, 7) is 3.66. The van der Waals surface area contributed by atoms with Crippen LogP contribution < -0.4 is 20.1 Å². The van der Waals surface area contributed by atoms with Crippen molar-refractivity contribution in [1.82, 2.24) is 10.6 Å². The van der Waals surface area contributed by atoms with Gasteiger partial charge in [-0.05, 0) is 30.2 Å². The van der Waals surface area contributed by atoms with Crippen LogP contribution in [0.1, 0.15) is 18.1 Å². The highest BCUT2D eigenvalue weighted by atomic mass is 16.5. The minimum Gasteiger partial charge on any atom is -0.493 e. The Morgan fingerprint density at radius 2 is 1.74 bits per heavy atom. The highest BCUT2D eigenvalue weighted by molar-refractivity contribution is 5.79. The number of aliphatic hydroxyl groups is 1. The quantitative estimate of drug-likeness (QED) is 0.466. The van der Waals surface area contributed by atoms with Gasteiger partial charge in [0.25, 0.3) is 0 Å². The molecule has 0 saturated heterocycles. The van der Waals surface area contributed by atoms with E-state index in [1.807, 2.05) is 55.5 Å². The number of nitrogens with one attached hydrogen (secondary N) is 2. The molecule has 6 nitrogen and oxygen atoms in total. The molecule has 1 atom stereocenters. The average molecular weight is 371 g/mol. The first kappa shape index (κ1) is 20.6. The molecule has 0 spiro atoms. The molecule has 2 rings (SSSR count). The Bertz CT molecular complexity index is 720. The van der Waals surface area contributed by atoms with E-state index in [0.29, 0.717) is 37.0 Å². The Kier molecular flexibility index (Phi) is 8.45. The minimum atomic E-state index is -0.489. The number of aliphatic imine (C=N–C) groups is 1. The topological polar surface area (TPSA) is 75.1 Å². The number of methoxy groups -OCH3 is 2. The highest BCUT2D eigenvalue weighted by Gasteiger charge is 2.08. The summed E-state index contributed by atoms with van der Waals surface area (Å²) in [7, 11) is 3.23. The van der Waals surface area contributed by atoms with Gasteiger partial charge in [-0.3, -0.25) is 0 Å². The summed E-state index contributed by atoms with van der Waals surface area (Å²) >= 11 is 0. The fraction of sp³-hybridized carbons (Fsp3) is 0.381. The molecule has 1 unspecified atom stereocenters. The predicted octanol–water partition coefficient (Wildman–Crippen LogP) is 2.36. The van der Waals surface area contributed by atoms with Gasteiger partial charge in [0.15, 0.2) is 17.5 Å². The summed E-state index contributed by atoms with van der Waals surface area (Å²) in [6, 6.07) is 15.7. The molecule has 0 aliphatic carbocycles. The Balaban J connectivity index is 1.93. The zero-order valence-corrected chi connectivity index (χ0v) is 16.2. The molecule has 0 aromatic heterocycles. The molecule has 0 aliphatic rings. The second-order valence-electron chi connectivity index (χ2n) is 6.11. The second kappa shape index (κ2) is 11.1. The van der Waals surface area contributed by atoms with Crippen LogP contribution in [-0.4, -0.2) is 44.5 Å². The van der Waals surface area contributed by atoms with E-state index < -0.39 is 6.10 Å². The molecule has 0 fully saturated rings. The average Bonchev–Trinajstić information content (AvgIpc) is 2.70. The Hall–Kier alpha value is -2.73. The molecule has 6 heteroatoms. The van der Waals surface area contributed by atoms with Gasteiger partial charge >= 0.3 is 0 Å². The summed E-state index contributed by atoms with van der Waals surface area (Å²) in [5.41, 5.74) is 2.12. The van der Waals surface area contributed by atoms with E-state index in [1.165, 1.54) is 0 Å². The van der Waals surface area contributed by atoms with Gasteiger partial charge in [-0.1, -0.05) is 36.4 Å². The summed E-state index contributed by atoms with van der Waals surface area (Å²) < 4.78 is 10.6. The summed E-state index contributed by atoms with van der Waals surface area (Å²) in [5, 5.41) is 16.6. The molecular formula is C21H29N3O3. The van der Waals surface area contributed by atoms with Crippen LogP contribution in [0, 0.1) is 0 Å². The first-order chi connectivity index (χ1) is 13.2. The van der Waals surface area contributed by atoms with Crippen LogP contribution in [-0.2, 0) is 13.0 Å². The molecule has 0 saturated carbocycles. The maximum absolute atomic E-state index is 10.3. The largest absolute Gasteiger partial charge is 0.493 e. The van der Waals surface area contributed by atoms with Crippen LogP contribution >= 0.6 is 0 Å². The van der Waals surface area contributed by atoms with Crippen molar-refractivity contribution >= 4 is 5.96 Å². The van der Waals surface area contributed by atoms with Gasteiger partial charge in [0.1, 0.15) is 0 Å². The first-order valence-electron chi connectivity index (χ1n) is 9.11. The van der Waals surface area contributed by atoms with Crippen molar-refractivity contribution in [3.8, 4) is 11.5 Å². The van der Waals surface area contributed by atoms with Gasteiger partial charge in [-0.25, -0.2) is 4.99 Å². The summed E-state index contributed by atoms with van der Waals surface area (Å²) in [5.74, 6) is 2.04. The maximum Gasteiger partial charge on any atom is 0.191 e. The molecule has 2 aromatic rings. The fourth-order valence-corrected chi connectivity index (χ4v) is 2.66. The van der Waals surface area contributed by atoms with Gasteiger partial charge in [0.05, 0.1) is 26.9 Å². The smallest absolute Gasteiger partial charge is 0.191 e. The zero-order chi connectivity index (χ0) is 19.5. The lowest BCUT2D eigenvalue weighted by Gasteiger charge is -2.15. The molecule has 3 N–H and O–H groups in total. The van der Waals surface area contributed by atoms with E-state index in [1.54, 1.807) is 14.2 Å². The van der Waals surface area contributed by atoms with Gasteiger partial charge in [0.2, 0.25) is 0 Å². The third-order valence-corrected chi connectivity index (χ3v) is 4.03. The summed E-state index contributed by atoms with van der Waals surface area (Å²) in [4.78, 5) is 4.58. The number of ether oxygens (including phenoxy) is 2. The molecule has 0 amide bonds. The lowest BCUT2D eigenvalue weighted by molar-refractivity contribution is 0.177. The molecule has 0 bridgehead atoms. The molecular weight excluding hydrogens is 342 g/mol. The van der Waals surface area contributed by atoms with E-state index in [-0.39, 0.29) is 0 Å². The Labute approximate surface area is 161 Å². The molecule has 27 heavy (non-hydrogen) atoms. The molecule has 0 radical (unpaired) electrons. The summed E-state index contributed by atoms with van der Waals surface area (Å²) in [6.07, 6.45) is 0.112.